The van der Waals surface area contributed by atoms with Gasteiger partial charge in [0.05, 0.1) is 35.9 Å². The molecule has 0 unspecified atom stereocenters. The predicted octanol–water partition coefficient (Wildman–Crippen LogP) is 3.46. The molecule has 1 aromatic carbocycles. The van der Waals surface area contributed by atoms with Gasteiger partial charge in [-0.3, -0.25) is 4.68 Å². The lowest BCUT2D eigenvalue weighted by Crippen LogP contribution is -2.06. The summed E-state index contributed by atoms with van der Waals surface area (Å²) in [6.45, 7) is 2.07. The standard InChI is InChI=1S/C20H22BrN7O/c21-8-11-29-18-5-2-15(3-6-18)19-7-4-17-13-23-20(26-28(17)19)25-16-12-24-27(14-16)10-1-9-22/h2-7,12-14H,1,8-11,22H2,(H,25,26). The molecular formula is C20H22BrN7O. The van der Waals surface area contributed by atoms with E-state index in [1.165, 1.54) is 0 Å². The maximum atomic E-state index is 5.62. The highest BCUT2D eigenvalue weighted by Crippen LogP contribution is 2.25. The average Bonchev–Trinajstić information content (AvgIpc) is 3.38. The lowest BCUT2D eigenvalue weighted by atomic mass is 10.1. The number of benzene rings is 1. The van der Waals surface area contributed by atoms with Crippen LogP contribution in [0.1, 0.15) is 6.42 Å². The molecule has 0 saturated carbocycles. The molecule has 0 aliphatic carbocycles. The van der Waals surface area contributed by atoms with Crippen molar-refractivity contribution in [3.8, 4) is 17.0 Å². The Kier molecular flexibility index (Phi) is 6.06. The van der Waals surface area contributed by atoms with Crippen molar-refractivity contribution >= 4 is 33.1 Å². The Morgan fingerprint density at radius 3 is 2.76 bits per heavy atom. The van der Waals surface area contributed by atoms with Crippen molar-refractivity contribution in [2.45, 2.75) is 13.0 Å². The summed E-state index contributed by atoms with van der Waals surface area (Å²) >= 11 is 3.36. The van der Waals surface area contributed by atoms with E-state index in [4.69, 9.17) is 10.5 Å². The molecule has 0 spiro atoms. The van der Waals surface area contributed by atoms with E-state index in [9.17, 15) is 0 Å². The number of halogens is 1. The molecule has 0 atom stereocenters. The summed E-state index contributed by atoms with van der Waals surface area (Å²) in [5, 5.41) is 13.0. The number of nitrogens with zero attached hydrogens (tertiary/aromatic N) is 5. The molecule has 4 aromatic rings. The monoisotopic (exact) mass is 455 g/mol. The molecule has 0 radical (unpaired) electrons. The molecule has 0 saturated heterocycles. The second kappa shape index (κ2) is 9.06. The molecule has 8 nitrogen and oxygen atoms in total. The first-order valence-electron chi connectivity index (χ1n) is 9.40. The summed E-state index contributed by atoms with van der Waals surface area (Å²) in [6.07, 6.45) is 6.36. The van der Waals surface area contributed by atoms with Gasteiger partial charge in [-0.05, 0) is 49.4 Å². The Morgan fingerprint density at radius 2 is 1.97 bits per heavy atom. The van der Waals surface area contributed by atoms with E-state index in [0.717, 1.165) is 46.5 Å². The molecule has 0 bridgehead atoms. The van der Waals surface area contributed by atoms with E-state index in [1.807, 2.05) is 51.8 Å². The minimum Gasteiger partial charge on any atom is -0.493 e. The zero-order chi connectivity index (χ0) is 20.1. The summed E-state index contributed by atoms with van der Waals surface area (Å²) in [5.41, 5.74) is 9.34. The van der Waals surface area contributed by atoms with Gasteiger partial charge in [0.1, 0.15) is 5.75 Å². The number of ether oxygens (including phenoxy) is 1. The molecule has 3 heterocycles. The van der Waals surface area contributed by atoms with Crippen LogP contribution in [-0.4, -0.2) is 42.9 Å². The maximum Gasteiger partial charge on any atom is 0.245 e. The van der Waals surface area contributed by atoms with Gasteiger partial charge < -0.3 is 15.8 Å². The van der Waals surface area contributed by atoms with Crippen molar-refractivity contribution in [1.29, 1.82) is 0 Å². The lowest BCUT2D eigenvalue weighted by molar-refractivity contribution is 0.345. The average molecular weight is 456 g/mol. The van der Waals surface area contributed by atoms with Gasteiger partial charge in [0.2, 0.25) is 5.95 Å². The van der Waals surface area contributed by atoms with Crippen LogP contribution >= 0.6 is 15.9 Å². The zero-order valence-corrected chi connectivity index (χ0v) is 17.4. The zero-order valence-electron chi connectivity index (χ0n) is 15.8. The van der Waals surface area contributed by atoms with E-state index in [0.29, 0.717) is 19.1 Å². The number of nitrogens with one attached hydrogen (secondary N) is 1. The van der Waals surface area contributed by atoms with Gasteiger partial charge in [0.15, 0.2) is 0 Å². The number of alkyl halides is 1. The van der Waals surface area contributed by atoms with Crippen LogP contribution in [0.5, 0.6) is 5.75 Å². The van der Waals surface area contributed by atoms with E-state index < -0.39 is 0 Å². The highest BCUT2D eigenvalue weighted by atomic mass is 79.9. The Hall–Kier alpha value is -2.91. The molecule has 150 valence electrons. The predicted molar refractivity (Wildman–Crippen MR) is 117 cm³/mol. The van der Waals surface area contributed by atoms with Crippen LogP contribution in [0.15, 0.2) is 55.0 Å². The van der Waals surface area contributed by atoms with Gasteiger partial charge >= 0.3 is 0 Å². The van der Waals surface area contributed by atoms with Crippen molar-refractivity contribution < 1.29 is 4.74 Å². The third-order valence-corrected chi connectivity index (χ3v) is 4.70. The quantitative estimate of drug-likeness (QED) is 0.375. The van der Waals surface area contributed by atoms with Crippen LogP contribution in [0, 0.1) is 0 Å². The van der Waals surface area contributed by atoms with Crippen LogP contribution in [0.3, 0.4) is 0 Å². The van der Waals surface area contributed by atoms with Gasteiger partial charge in [-0.25, -0.2) is 9.50 Å². The number of fused-ring (bicyclic) bond motifs is 1. The van der Waals surface area contributed by atoms with E-state index in [2.05, 4.69) is 36.4 Å². The summed E-state index contributed by atoms with van der Waals surface area (Å²) in [4.78, 5) is 4.40. The van der Waals surface area contributed by atoms with Crippen LogP contribution in [0.25, 0.3) is 16.8 Å². The van der Waals surface area contributed by atoms with Crippen molar-refractivity contribution in [2.24, 2.45) is 5.73 Å². The first-order chi connectivity index (χ1) is 14.3. The molecule has 0 fully saturated rings. The van der Waals surface area contributed by atoms with E-state index in [1.54, 1.807) is 12.4 Å². The van der Waals surface area contributed by atoms with Gasteiger partial charge in [-0.2, -0.15) is 5.10 Å². The normalized spacial score (nSPS) is 11.1. The number of aromatic nitrogens is 5. The van der Waals surface area contributed by atoms with Crippen LogP contribution in [-0.2, 0) is 6.54 Å². The highest BCUT2D eigenvalue weighted by Gasteiger charge is 2.09. The van der Waals surface area contributed by atoms with Crippen molar-refractivity contribution in [1.82, 2.24) is 24.4 Å². The van der Waals surface area contributed by atoms with Crippen molar-refractivity contribution in [2.75, 3.05) is 23.8 Å². The molecule has 4 rings (SSSR count). The molecule has 9 heteroatoms. The first-order valence-corrected chi connectivity index (χ1v) is 10.5. The highest BCUT2D eigenvalue weighted by molar-refractivity contribution is 9.09. The SMILES string of the molecule is NCCCn1cc(Nc2ncc3ccc(-c4ccc(OCCBr)cc4)n3n2)cn1. The number of nitrogens with two attached hydrogens (primary N) is 1. The molecule has 0 amide bonds. The van der Waals surface area contributed by atoms with Crippen LogP contribution < -0.4 is 15.8 Å². The smallest absolute Gasteiger partial charge is 0.245 e. The minimum atomic E-state index is 0.505. The molecule has 0 aliphatic heterocycles. The fourth-order valence-corrected chi connectivity index (χ4v) is 3.15. The second-order valence-electron chi connectivity index (χ2n) is 6.46. The van der Waals surface area contributed by atoms with Crippen molar-refractivity contribution in [3.05, 3.63) is 55.0 Å². The number of anilines is 2. The minimum absolute atomic E-state index is 0.505. The van der Waals surface area contributed by atoms with Crippen LogP contribution in [0.4, 0.5) is 11.6 Å². The molecule has 0 aliphatic rings. The Morgan fingerprint density at radius 1 is 1.10 bits per heavy atom. The molecule has 29 heavy (non-hydrogen) atoms. The summed E-state index contributed by atoms with van der Waals surface area (Å²) in [7, 11) is 0. The summed E-state index contributed by atoms with van der Waals surface area (Å²) < 4.78 is 9.36. The van der Waals surface area contributed by atoms with Gasteiger partial charge in [0, 0.05) is 23.6 Å². The van der Waals surface area contributed by atoms with Crippen LogP contribution in [0.2, 0.25) is 0 Å². The topological polar surface area (TPSA) is 95.3 Å². The maximum absolute atomic E-state index is 5.62. The number of aryl methyl sites for hydroxylation is 1. The Bertz CT molecular complexity index is 1070. The lowest BCUT2D eigenvalue weighted by Gasteiger charge is -2.07. The molecule has 3 aromatic heterocycles. The number of rotatable bonds is 9. The van der Waals surface area contributed by atoms with Gasteiger partial charge in [0.25, 0.3) is 0 Å². The fraction of sp³-hybridized carbons (Fsp3) is 0.250. The fourth-order valence-electron chi connectivity index (χ4n) is 2.99. The third-order valence-electron chi connectivity index (χ3n) is 4.38. The first kappa shape index (κ1) is 19.4. The van der Waals surface area contributed by atoms with Gasteiger partial charge in [-0.15, -0.1) is 5.10 Å². The molecular weight excluding hydrogens is 434 g/mol. The largest absolute Gasteiger partial charge is 0.493 e. The molecule has 3 N–H and O–H groups in total. The van der Waals surface area contributed by atoms with E-state index in [-0.39, 0.29) is 0 Å². The summed E-state index contributed by atoms with van der Waals surface area (Å²) in [5.74, 6) is 1.35. The second-order valence-corrected chi connectivity index (χ2v) is 7.25. The van der Waals surface area contributed by atoms with Crippen molar-refractivity contribution in [3.63, 3.8) is 0 Å². The third kappa shape index (κ3) is 4.57. The number of hydrogen-bond acceptors (Lipinski definition) is 6. The Balaban J connectivity index is 1.55. The summed E-state index contributed by atoms with van der Waals surface area (Å²) in [6, 6.07) is 12.0. The van der Waals surface area contributed by atoms with Gasteiger partial charge in [-0.1, -0.05) is 15.9 Å². The van der Waals surface area contributed by atoms with E-state index >= 15 is 0 Å². The Labute approximate surface area is 176 Å². The number of hydrogen-bond donors (Lipinski definition) is 2.